The zero-order valence-electron chi connectivity index (χ0n) is 11.2. The number of aliphatic hydroxyl groups is 1. The van der Waals surface area contributed by atoms with Gasteiger partial charge in [0.2, 0.25) is 10.0 Å². The minimum Gasteiger partial charge on any atom is -0.396 e. The molecule has 2 N–H and O–H groups in total. The van der Waals surface area contributed by atoms with Crippen molar-refractivity contribution < 1.29 is 13.5 Å². The predicted octanol–water partition coefficient (Wildman–Crippen LogP) is 2.26. The Morgan fingerprint density at radius 1 is 1.35 bits per heavy atom. The summed E-state index contributed by atoms with van der Waals surface area (Å²) in [5.74, 6) is 0. The molecule has 0 spiro atoms. The molecule has 3 rings (SSSR count). The number of benzene rings is 1. The summed E-state index contributed by atoms with van der Waals surface area (Å²) in [5, 5.41) is 10.1. The van der Waals surface area contributed by atoms with Crippen LogP contribution >= 0.6 is 11.3 Å². The largest absolute Gasteiger partial charge is 0.396 e. The summed E-state index contributed by atoms with van der Waals surface area (Å²) in [6, 6.07) is 7.53. The molecular weight excluding hydrogens is 294 g/mol. The fourth-order valence-electron chi connectivity index (χ4n) is 2.37. The highest BCUT2D eigenvalue weighted by molar-refractivity contribution is 7.90. The smallest absolute Gasteiger partial charge is 0.242 e. The molecule has 0 radical (unpaired) electrons. The maximum atomic E-state index is 12.5. The summed E-state index contributed by atoms with van der Waals surface area (Å²) in [5.41, 5.74) is -0.229. The summed E-state index contributed by atoms with van der Waals surface area (Å²) in [4.78, 5) is 1.18. The minimum atomic E-state index is -3.53. The van der Waals surface area contributed by atoms with Gasteiger partial charge in [-0.1, -0.05) is 18.2 Å². The molecule has 0 saturated heterocycles. The van der Waals surface area contributed by atoms with Gasteiger partial charge in [0, 0.05) is 33.5 Å². The van der Waals surface area contributed by atoms with Gasteiger partial charge in [0.05, 0.1) is 0 Å². The van der Waals surface area contributed by atoms with Crippen LogP contribution in [0.15, 0.2) is 29.2 Å². The second-order valence-corrected chi connectivity index (χ2v) is 8.43. The van der Waals surface area contributed by atoms with Crippen LogP contribution in [0.25, 0.3) is 10.1 Å². The maximum Gasteiger partial charge on any atom is 0.242 e. The molecular formula is C14H17NO3S2. The van der Waals surface area contributed by atoms with Crippen molar-refractivity contribution in [3.63, 3.8) is 0 Å². The third kappa shape index (κ3) is 2.37. The molecule has 1 aliphatic carbocycles. The van der Waals surface area contributed by atoms with Crippen molar-refractivity contribution >= 4 is 31.4 Å². The molecule has 2 aromatic rings. The van der Waals surface area contributed by atoms with Crippen LogP contribution in [-0.2, 0) is 10.0 Å². The summed E-state index contributed by atoms with van der Waals surface area (Å²) in [7, 11) is -3.53. The molecule has 0 bridgehead atoms. The molecule has 0 atom stereocenters. The molecule has 1 fully saturated rings. The van der Waals surface area contributed by atoms with Gasteiger partial charge in [0.1, 0.15) is 4.90 Å². The van der Waals surface area contributed by atoms with Gasteiger partial charge in [-0.2, -0.15) is 0 Å². The molecule has 1 saturated carbocycles. The molecule has 108 valence electrons. The molecule has 1 aromatic carbocycles. The molecule has 0 unspecified atom stereocenters. The molecule has 1 aromatic heterocycles. The monoisotopic (exact) mass is 311 g/mol. The number of nitrogens with one attached hydrogen (secondary N) is 1. The Labute approximate surface area is 122 Å². The SMILES string of the molecule is Cc1sc2ccccc2c1S(=O)(=O)NCC1(CO)CC1. The number of rotatable bonds is 5. The lowest BCUT2D eigenvalue weighted by Crippen LogP contribution is -2.32. The first kappa shape index (κ1) is 14.0. The third-order valence-electron chi connectivity index (χ3n) is 3.91. The Morgan fingerprint density at radius 2 is 2.05 bits per heavy atom. The highest BCUT2D eigenvalue weighted by atomic mass is 32.2. The molecule has 20 heavy (non-hydrogen) atoms. The van der Waals surface area contributed by atoms with Gasteiger partial charge in [-0.25, -0.2) is 13.1 Å². The van der Waals surface area contributed by atoms with E-state index >= 15 is 0 Å². The van der Waals surface area contributed by atoms with Crippen LogP contribution in [0.2, 0.25) is 0 Å². The molecule has 0 aliphatic heterocycles. The maximum absolute atomic E-state index is 12.5. The van der Waals surface area contributed by atoms with E-state index in [-0.39, 0.29) is 12.0 Å². The number of hydrogen-bond donors (Lipinski definition) is 2. The van der Waals surface area contributed by atoms with E-state index in [0.717, 1.165) is 27.8 Å². The van der Waals surface area contributed by atoms with Gasteiger partial charge in [-0.3, -0.25) is 0 Å². The van der Waals surface area contributed by atoms with E-state index in [4.69, 9.17) is 0 Å². The summed E-state index contributed by atoms with van der Waals surface area (Å²) >= 11 is 1.49. The van der Waals surface area contributed by atoms with Crippen LogP contribution in [0.3, 0.4) is 0 Å². The third-order valence-corrected chi connectivity index (χ3v) is 6.72. The number of hydrogen-bond acceptors (Lipinski definition) is 4. The Kier molecular flexibility index (Phi) is 3.36. The Morgan fingerprint density at radius 3 is 2.70 bits per heavy atom. The van der Waals surface area contributed by atoms with Crippen LogP contribution in [0.4, 0.5) is 0 Å². The van der Waals surface area contributed by atoms with Crippen molar-refractivity contribution in [2.45, 2.75) is 24.7 Å². The van der Waals surface area contributed by atoms with Gasteiger partial charge in [0.15, 0.2) is 0 Å². The highest BCUT2D eigenvalue weighted by Crippen LogP contribution is 2.44. The zero-order chi connectivity index (χ0) is 14.4. The number of aryl methyl sites for hydroxylation is 1. The van der Waals surface area contributed by atoms with Crippen molar-refractivity contribution in [3.8, 4) is 0 Å². The van der Waals surface area contributed by atoms with Gasteiger partial charge in [-0.05, 0) is 25.8 Å². The van der Waals surface area contributed by atoms with Crippen LogP contribution in [0.1, 0.15) is 17.7 Å². The number of fused-ring (bicyclic) bond motifs is 1. The Balaban J connectivity index is 1.95. The van der Waals surface area contributed by atoms with Gasteiger partial charge in [0.25, 0.3) is 0 Å². The molecule has 4 nitrogen and oxygen atoms in total. The van der Waals surface area contributed by atoms with Gasteiger partial charge >= 0.3 is 0 Å². The first-order valence-corrected chi connectivity index (χ1v) is 8.86. The van der Waals surface area contributed by atoms with Crippen molar-refractivity contribution in [2.24, 2.45) is 5.41 Å². The van der Waals surface area contributed by atoms with E-state index in [9.17, 15) is 13.5 Å². The molecule has 0 amide bonds. The lowest BCUT2D eigenvalue weighted by molar-refractivity contribution is 0.213. The summed E-state index contributed by atoms with van der Waals surface area (Å²) < 4.78 is 28.7. The van der Waals surface area contributed by atoms with E-state index in [0.29, 0.717) is 11.4 Å². The molecule has 6 heteroatoms. The lowest BCUT2D eigenvalue weighted by Gasteiger charge is -2.13. The van der Waals surface area contributed by atoms with E-state index in [1.165, 1.54) is 11.3 Å². The molecule has 1 aliphatic rings. The quantitative estimate of drug-likeness (QED) is 0.890. The van der Waals surface area contributed by atoms with Crippen LogP contribution in [0.5, 0.6) is 0 Å². The number of sulfonamides is 1. The van der Waals surface area contributed by atoms with Gasteiger partial charge in [-0.15, -0.1) is 11.3 Å². The second-order valence-electron chi connectivity index (χ2n) is 5.47. The Bertz CT molecular complexity index is 745. The van der Waals surface area contributed by atoms with Crippen LogP contribution in [-0.4, -0.2) is 26.7 Å². The number of thiophene rings is 1. The lowest BCUT2D eigenvalue weighted by atomic mass is 10.1. The van der Waals surface area contributed by atoms with Crippen LogP contribution < -0.4 is 4.72 Å². The van der Waals surface area contributed by atoms with Crippen LogP contribution in [0, 0.1) is 12.3 Å². The molecule has 1 heterocycles. The predicted molar refractivity (Wildman–Crippen MR) is 80.5 cm³/mol. The fourth-order valence-corrected chi connectivity index (χ4v) is 5.33. The number of aliphatic hydroxyl groups excluding tert-OH is 1. The zero-order valence-corrected chi connectivity index (χ0v) is 12.9. The second kappa shape index (κ2) is 4.80. The first-order valence-electron chi connectivity index (χ1n) is 6.56. The van der Waals surface area contributed by atoms with Crippen molar-refractivity contribution in [3.05, 3.63) is 29.1 Å². The van der Waals surface area contributed by atoms with Gasteiger partial charge < -0.3 is 5.11 Å². The van der Waals surface area contributed by atoms with Crippen molar-refractivity contribution in [1.82, 2.24) is 4.72 Å². The first-order chi connectivity index (χ1) is 9.47. The standard InChI is InChI=1S/C14H17NO3S2/c1-10-13(11-4-2-3-5-12(11)19-10)20(17,18)15-8-14(9-16)6-7-14/h2-5,15-16H,6-9H2,1H3. The van der Waals surface area contributed by atoms with Crippen molar-refractivity contribution in [1.29, 1.82) is 0 Å². The van der Waals surface area contributed by atoms with E-state index in [1.807, 2.05) is 31.2 Å². The van der Waals surface area contributed by atoms with Crippen molar-refractivity contribution in [2.75, 3.05) is 13.2 Å². The summed E-state index contributed by atoms with van der Waals surface area (Å²) in [6.45, 7) is 2.19. The topological polar surface area (TPSA) is 66.4 Å². The normalized spacial score (nSPS) is 17.5. The van der Waals surface area contributed by atoms with E-state index in [2.05, 4.69) is 4.72 Å². The fraction of sp³-hybridized carbons (Fsp3) is 0.429. The average molecular weight is 311 g/mol. The minimum absolute atomic E-state index is 0.0406. The van der Waals surface area contributed by atoms with E-state index in [1.54, 1.807) is 0 Å². The highest BCUT2D eigenvalue weighted by Gasteiger charge is 2.42. The average Bonchev–Trinajstić information content (AvgIpc) is 3.12. The summed E-state index contributed by atoms with van der Waals surface area (Å²) in [6.07, 6.45) is 1.77. The van der Waals surface area contributed by atoms with E-state index < -0.39 is 10.0 Å². The Hall–Kier alpha value is -0.950.